The molecule has 0 aliphatic rings. The predicted octanol–water partition coefficient (Wildman–Crippen LogP) is 3.48. The van der Waals surface area contributed by atoms with E-state index in [0.29, 0.717) is 0 Å². The van der Waals surface area contributed by atoms with Crippen LogP contribution in [0.2, 0.25) is 0 Å². The van der Waals surface area contributed by atoms with Crippen LogP contribution < -0.4 is 0 Å². The minimum atomic E-state index is 1.08. The van der Waals surface area contributed by atoms with E-state index in [2.05, 4.69) is 37.8 Å². The fourth-order valence-electron chi connectivity index (χ4n) is 0.604. The van der Waals surface area contributed by atoms with E-state index in [1.54, 1.807) is 0 Å². The molecule has 0 heterocycles. The predicted molar refractivity (Wildman–Crippen MR) is 48.0 cm³/mol. The monoisotopic (exact) mass is 136 g/mol. The van der Waals surface area contributed by atoms with Crippen molar-refractivity contribution in [1.29, 1.82) is 0 Å². The zero-order chi connectivity index (χ0) is 7.66. The van der Waals surface area contributed by atoms with Gasteiger partial charge in [-0.25, -0.2) is 0 Å². The molecule has 0 spiro atoms. The van der Waals surface area contributed by atoms with Crippen LogP contribution in [-0.2, 0) is 0 Å². The van der Waals surface area contributed by atoms with Crippen LogP contribution in [0.25, 0.3) is 0 Å². The van der Waals surface area contributed by atoms with Gasteiger partial charge in [0.05, 0.1) is 0 Å². The summed E-state index contributed by atoms with van der Waals surface area (Å²) in [7, 11) is 0. The summed E-state index contributed by atoms with van der Waals surface area (Å²) in [6, 6.07) is 0. The van der Waals surface area contributed by atoms with Crippen molar-refractivity contribution >= 4 is 0 Å². The van der Waals surface area contributed by atoms with Crippen LogP contribution in [0.15, 0.2) is 37.0 Å². The lowest BCUT2D eigenvalue weighted by atomic mass is 10.3. The van der Waals surface area contributed by atoms with Crippen LogP contribution in [-0.4, -0.2) is 0 Å². The van der Waals surface area contributed by atoms with Crippen molar-refractivity contribution in [3.63, 3.8) is 0 Å². The van der Waals surface area contributed by atoms with Crippen LogP contribution in [0.4, 0.5) is 0 Å². The molecule has 0 saturated carbocycles. The van der Waals surface area contributed by atoms with Crippen molar-refractivity contribution in [3.8, 4) is 0 Å². The number of rotatable bonds is 5. The first-order valence-corrected chi connectivity index (χ1v) is 3.84. The summed E-state index contributed by atoms with van der Waals surface area (Å²) in [6.45, 7) is 5.78. The summed E-state index contributed by atoms with van der Waals surface area (Å²) < 4.78 is 0. The molecule has 0 fully saturated rings. The molecule has 0 unspecified atom stereocenters. The maximum Gasteiger partial charge on any atom is -0.0313 e. The van der Waals surface area contributed by atoms with E-state index >= 15 is 0 Å². The summed E-state index contributed by atoms with van der Waals surface area (Å²) in [4.78, 5) is 0. The minimum absolute atomic E-state index is 1.08. The Morgan fingerprint density at radius 3 is 2.40 bits per heavy atom. The highest BCUT2D eigenvalue weighted by Gasteiger charge is 1.70. The fourth-order valence-corrected chi connectivity index (χ4v) is 0.604. The highest BCUT2D eigenvalue weighted by Crippen LogP contribution is 1.91. The van der Waals surface area contributed by atoms with Crippen LogP contribution >= 0.6 is 0 Å². The van der Waals surface area contributed by atoms with Gasteiger partial charge in [0, 0.05) is 0 Å². The van der Waals surface area contributed by atoms with Crippen molar-refractivity contribution in [2.75, 3.05) is 0 Å². The maximum absolute atomic E-state index is 3.64. The molecule has 0 radical (unpaired) electrons. The zero-order valence-electron chi connectivity index (χ0n) is 6.72. The Balaban J connectivity index is 3.19. The van der Waals surface area contributed by atoms with Gasteiger partial charge in [-0.15, -0.1) is 6.58 Å². The minimum Gasteiger partial charge on any atom is -0.103 e. The van der Waals surface area contributed by atoms with Crippen LogP contribution in [0, 0.1) is 0 Å². The second kappa shape index (κ2) is 8.22. The van der Waals surface area contributed by atoms with Crippen molar-refractivity contribution in [3.05, 3.63) is 37.0 Å². The normalized spacial score (nSPS) is 11.3. The third-order valence-electron chi connectivity index (χ3n) is 1.16. The van der Waals surface area contributed by atoms with Gasteiger partial charge in [0.25, 0.3) is 0 Å². The fraction of sp³-hybridized carbons (Fsp3) is 0.400. The quantitative estimate of drug-likeness (QED) is 0.308. The van der Waals surface area contributed by atoms with Crippen LogP contribution in [0.1, 0.15) is 26.2 Å². The van der Waals surface area contributed by atoms with Gasteiger partial charge in [0.1, 0.15) is 0 Å². The molecule has 0 saturated heterocycles. The Bertz CT molecular complexity index is 118. The molecule has 0 N–H and O–H groups in total. The molecular formula is C10H16. The van der Waals surface area contributed by atoms with E-state index in [1.807, 2.05) is 6.08 Å². The van der Waals surface area contributed by atoms with Gasteiger partial charge in [0.15, 0.2) is 0 Å². The average Bonchev–Trinajstić information content (AvgIpc) is 1.97. The molecule has 0 aromatic rings. The smallest absolute Gasteiger partial charge is 0.0313 e. The first-order chi connectivity index (χ1) is 4.91. The molecule has 0 aromatic heterocycles. The second-order valence-electron chi connectivity index (χ2n) is 2.13. The highest BCUT2D eigenvalue weighted by atomic mass is 13.8. The topological polar surface area (TPSA) is 0 Å². The standard InChI is InChI=1S/C10H16/c1-3-5-7-9-10-8-6-4-2/h3,6,8-10H,1,4-5,7H2,2H3/b8-6-,10-9-. The molecule has 0 nitrogen and oxygen atoms in total. The van der Waals surface area contributed by atoms with Gasteiger partial charge in [-0.2, -0.15) is 0 Å². The van der Waals surface area contributed by atoms with E-state index < -0.39 is 0 Å². The maximum atomic E-state index is 3.64. The Hall–Kier alpha value is -0.780. The molecule has 0 rings (SSSR count). The number of hydrogen-bond acceptors (Lipinski definition) is 0. The van der Waals surface area contributed by atoms with E-state index in [9.17, 15) is 0 Å². The lowest BCUT2D eigenvalue weighted by Crippen LogP contribution is -1.60. The van der Waals surface area contributed by atoms with Crippen molar-refractivity contribution < 1.29 is 0 Å². The van der Waals surface area contributed by atoms with Gasteiger partial charge < -0.3 is 0 Å². The lowest BCUT2D eigenvalue weighted by molar-refractivity contribution is 1.06. The summed E-state index contributed by atoms with van der Waals surface area (Å²) >= 11 is 0. The molecule has 0 aliphatic carbocycles. The van der Waals surface area contributed by atoms with Gasteiger partial charge in [-0.3, -0.25) is 0 Å². The SMILES string of the molecule is C=CCC/C=C\C=C/CC. The number of allylic oxidation sites excluding steroid dienone is 5. The van der Waals surface area contributed by atoms with Gasteiger partial charge in [-0.1, -0.05) is 37.3 Å². The number of hydrogen-bond donors (Lipinski definition) is 0. The molecule has 0 atom stereocenters. The zero-order valence-corrected chi connectivity index (χ0v) is 6.72. The average molecular weight is 136 g/mol. The molecular weight excluding hydrogens is 120 g/mol. The first kappa shape index (κ1) is 9.22. The number of unbranched alkanes of at least 4 members (excludes halogenated alkanes) is 1. The third kappa shape index (κ3) is 7.22. The molecule has 56 valence electrons. The Kier molecular flexibility index (Phi) is 7.58. The molecule has 0 heteroatoms. The van der Waals surface area contributed by atoms with E-state index in [1.165, 1.54) is 0 Å². The Morgan fingerprint density at radius 1 is 1.10 bits per heavy atom. The highest BCUT2D eigenvalue weighted by molar-refractivity contribution is 5.02. The molecule has 0 aliphatic heterocycles. The van der Waals surface area contributed by atoms with Crippen LogP contribution in [0.5, 0.6) is 0 Å². The van der Waals surface area contributed by atoms with Crippen molar-refractivity contribution in [2.24, 2.45) is 0 Å². The molecule has 0 aromatic carbocycles. The largest absolute Gasteiger partial charge is 0.103 e. The van der Waals surface area contributed by atoms with Gasteiger partial charge in [0.2, 0.25) is 0 Å². The molecule has 0 amide bonds. The summed E-state index contributed by atoms with van der Waals surface area (Å²) in [6.07, 6.45) is 13.7. The summed E-state index contributed by atoms with van der Waals surface area (Å²) in [5, 5.41) is 0. The molecule has 0 bridgehead atoms. The van der Waals surface area contributed by atoms with E-state index in [4.69, 9.17) is 0 Å². The molecule has 10 heavy (non-hydrogen) atoms. The summed E-state index contributed by atoms with van der Waals surface area (Å²) in [5.74, 6) is 0. The van der Waals surface area contributed by atoms with Gasteiger partial charge in [-0.05, 0) is 19.3 Å². The van der Waals surface area contributed by atoms with Crippen molar-refractivity contribution in [1.82, 2.24) is 0 Å². The Morgan fingerprint density at radius 2 is 1.80 bits per heavy atom. The third-order valence-corrected chi connectivity index (χ3v) is 1.16. The van der Waals surface area contributed by atoms with E-state index in [-0.39, 0.29) is 0 Å². The lowest BCUT2D eigenvalue weighted by Gasteiger charge is -1.81. The van der Waals surface area contributed by atoms with E-state index in [0.717, 1.165) is 19.3 Å². The Labute approximate surface area is 64.0 Å². The van der Waals surface area contributed by atoms with Gasteiger partial charge >= 0.3 is 0 Å². The first-order valence-electron chi connectivity index (χ1n) is 3.84. The van der Waals surface area contributed by atoms with Crippen molar-refractivity contribution in [2.45, 2.75) is 26.2 Å². The summed E-state index contributed by atoms with van der Waals surface area (Å²) in [5.41, 5.74) is 0. The van der Waals surface area contributed by atoms with Crippen LogP contribution in [0.3, 0.4) is 0 Å². The second-order valence-corrected chi connectivity index (χ2v) is 2.13.